The molecule has 0 atom stereocenters. The molecule has 1 aromatic carbocycles. The smallest absolute Gasteiger partial charge is 0.255 e. The van der Waals surface area contributed by atoms with Gasteiger partial charge in [-0.2, -0.15) is 0 Å². The molecule has 1 N–H and O–H groups in total. The minimum Gasteiger partial charge on any atom is -0.255 e. The normalized spacial score (nSPS) is 11.5. The lowest BCUT2D eigenvalue weighted by Crippen LogP contribution is -2.14. The van der Waals surface area contributed by atoms with Gasteiger partial charge >= 0.3 is 0 Å². The van der Waals surface area contributed by atoms with E-state index in [0.29, 0.717) is 5.13 Å². The zero-order valence-electron chi connectivity index (χ0n) is 12.0. The van der Waals surface area contributed by atoms with Crippen LogP contribution in [0.25, 0.3) is 10.6 Å². The average Bonchev–Trinajstić information content (AvgIpc) is 3.07. The van der Waals surface area contributed by atoms with Gasteiger partial charge in [0.05, 0.1) is 15.5 Å². The van der Waals surface area contributed by atoms with Gasteiger partial charge in [0, 0.05) is 5.38 Å². The quantitative estimate of drug-likeness (QED) is 0.763. The van der Waals surface area contributed by atoms with E-state index >= 15 is 0 Å². The fourth-order valence-corrected chi connectivity index (χ4v) is 5.08. The van der Waals surface area contributed by atoms with E-state index in [4.69, 9.17) is 0 Å². The predicted molar refractivity (Wildman–Crippen MR) is 92.2 cm³/mol. The summed E-state index contributed by atoms with van der Waals surface area (Å²) in [4.78, 5) is 5.65. The summed E-state index contributed by atoms with van der Waals surface area (Å²) in [6.07, 6.45) is 0. The Morgan fingerprint density at radius 3 is 2.64 bits per heavy atom. The van der Waals surface area contributed by atoms with Gasteiger partial charge in [0.2, 0.25) is 0 Å². The van der Waals surface area contributed by atoms with Crippen LogP contribution in [0, 0.1) is 13.8 Å². The summed E-state index contributed by atoms with van der Waals surface area (Å²) in [5, 5.41) is 4.20. The number of sulfonamides is 1. The van der Waals surface area contributed by atoms with Crippen molar-refractivity contribution in [1.82, 2.24) is 4.98 Å². The van der Waals surface area contributed by atoms with Crippen LogP contribution in [0.5, 0.6) is 0 Å². The van der Waals surface area contributed by atoms with Gasteiger partial charge in [-0.25, -0.2) is 13.4 Å². The first-order valence-electron chi connectivity index (χ1n) is 6.55. The molecule has 114 valence electrons. The number of aryl methyl sites for hydroxylation is 2. The first-order valence-corrected chi connectivity index (χ1v) is 9.79. The van der Waals surface area contributed by atoms with Gasteiger partial charge in [-0.3, -0.25) is 4.72 Å². The summed E-state index contributed by atoms with van der Waals surface area (Å²) in [6, 6.07) is 9.18. The van der Waals surface area contributed by atoms with Crippen LogP contribution in [0.2, 0.25) is 0 Å². The highest BCUT2D eigenvalue weighted by molar-refractivity contribution is 7.93. The molecule has 0 aliphatic heterocycles. The van der Waals surface area contributed by atoms with E-state index in [2.05, 4.69) is 9.71 Å². The topological polar surface area (TPSA) is 59.1 Å². The van der Waals surface area contributed by atoms with Crippen LogP contribution >= 0.6 is 22.7 Å². The van der Waals surface area contributed by atoms with Crippen LogP contribution in [0.15, 0.2) is 46.0 Å². The largest absolute Gasteiger partial charge is 0.263 e. The molecule has 0 bridgehead atoms. The maximum atomic E-state index is 12.5. The zero-order chi connectivity index (χ0) is 15.7. The molecule has 0 amide bonds. The first kappa shape index (κ1) is 15.2. The standard InChI is InChI=1S/C15H14N2O2S3/c1-10-5-6-14(11(2)8-10)22(18,19)17-15-16-12(9-21-15)13-4-3-7-20-13/h3-9H,1-2H3,(H,16,17). The molecular weight excluding hydrogens is 336 g/mol. The Kier molecular flexibility index (Phi) is 4.03. The minimum absolute atomic E-state index is 0.283. The highest BCUT2D eigenvalue weighted by Gasteiger charge is 2.18. The molecule has 7 heteroatoms. The summed E-state index contributed by atoms with van der Waals surface area (Å²) in [7, 11) is -3.61. The molecule has 0 fully saturated rings. The number of benzene rings is 1. The summed E-state index contributed by atoms with van der Waals surface area (Å²) in [6.45, 7) is 3.73. The number of hydrogen-bond acceptors (Lipinski definition) is 5. The number of hydrogen-bond donors (Lipinski definition) is 1. The molecule has 0 saturated heterocycles. The summed E-state index contributed by atoms with van der Waals surface area (Å²) >= 11 is 2.86. The molecule has 2 heterocycles. The van der Waals surface area contributed by atoms with E-state index < -0.39 is 10.0 Å². The molecule has 4 nitrogen and oxygen atoms in total. The third kappa shape index (κ3) is 3.06. The number of nitrogens with zero attached hydrogens (tertiary/aromatic N) is 1. The van der Waals surface area contributed by atoms with Gasteiger partial charge < -0.3 is 0 Å². The Labute approximate surface area is 137 Å². The van der Waals surface area contributed by atoms with Crippen molar-refractivity contribution in [2.45, 2.75) is 18.7 Å². The molecule has 3 rings (SSSR count). The SMILES string of the molecule is Cc1ccc(S(=O)(=O)Nc2nc(-c3cccs3)cs2)c(C)c1. The van der Waals surface area contributed by atoms with Crippen LogP contribution in [-0.2, 0) is 10.0 Å². The molecule has 0 saturated carbocycles. The fourth-order valence-electron chi connectivity index (χ4n) is 2.13. The Hall–Kier alpha value is -1.70. The van der Waals surface area contributed by atoms with Crippen molar-refractivity contribution in [2.75, 3.05) is 4.72 Å². The fraction of sp³-hybridized carbons (Fsp3) is 0.133. The number of thiazole rings is 1. The van der Waals surface area contributed by atoms with E-state index in [-0.39, 0.29) is 4.90 Å². The summed E-state index contributed by atoms with van der Waals surface area (Å²) in [5.74, 6) is 0. The van der Waals surface area contributed by atoms with Crippen LogP contribution in [-0.4, -0.2) is 13.4 Å². The van der Waals surface area contributed by atoms with Crippen molar-refractivity contribution in [3.05, 3.63) is 52.2 Å². The van der Waals surface area contributed by atoms with E-state index in [0.717, 1.165) is 21.7 Å². The highest BCUT2D eigenvalue weighted by atomic mass is 32.2. The van der Waals surface area contributed by atoms with Crippen molar-refractivity contribution in [3.63, 3.8) is 0 Å². The van der Waals surface area contributed by atoms with Gasteiger partial charge in [-0.1, -0.05) is 23.8 Å². The molecule has 2 aromatic heterocycles. The molecule has 0 spiro atoms. The third-order valence-electron chi connectivity index (χ3n) is 3.12. The number of rotatable bonds is 4. The van der Waals surface area contributed by atoms with E-state index in [9.17, 15) is 8.42 Å². The minimum atomic E-state index is -3.61. The molecule has 0 radical (unpaired) electrons. The zero-order valence-corrected chi connectivity index (χ0v) is 14.5. The Morgan fingerprint density at radius 1 is 1.14 bits per heavy atom. The van der Waals surface area contributed by atoms with Crippen molar-refractivity contribution < 1.29 is 8.42 Å². The Balaban J connectivity index is 1.89. The average molecular weight is 350 g/mol. The number of anilines is 1. The molecular formula is C15H14N2O2S3. The van der Waals surface area contributed by atoms with Crippen LogP contribution in [0.3, 0.4) is 0 Å². The van der Waals surface area contributed by atoms with E-state index in [1.165, 1.54) is 11.3 Å². The maximum Gasteiger partial charge on any atom is 0.263 e. The lowest BCUT2D eigenvalue weighted by molar-refractivity contribution is 0.600. The maximum absolute atomic E-state index is 12.5. The second kappa shape index (κ2) is 5.83. The molecule has 0 unspecified atom stereocenters. The van der Waals surface area contributed by atoms with E-state index in [1.807, 2.05) is 35.9 Å². The van der Waals surface area contributed by atoms with Crippen LogP contribution in [0.4, 0.5) is 5.13 Å². The van der Waals surface area contributed by atoms with Crippen LogP contribution in [0.1, 0.15) is 11.1 Å². The Bertz CT molecular complexity index is 897. The summed E-state index contributed by atoms with van der Waals surface area (Å²) in [5.41, 5.74) is 2.55. The van der Waals surface area contributed by atoms with Gasteiger partial charge in [0.1, 0.15) is 0 Å². The third-order valence-corrected chi connectivity index (χ3v) is 6.40. The highest BCUT2D eigenvalue weighted by Crippen LogP contribution is 2.29. The van der Waals surface area contributed by atoms with Gasteiger partial charge in [0.25, 0.3) is 10.0 Å². The molecule has 22 heavy (non-hydrogen) atoms. The number of nitrogens with one attached hydrogen (secondary N) is 1. The molecule has 0 aliphatic carbocycles. The van der Waals surface area contributed by atoms with Crippen molar-refractivity contribution in [3.8, 4) is 10.6 Å². The van der Waals surface area contributed by atoms with Gasteiger partial charge in [0.15, 0.2) is 5.13 Å². The number of thiophene rings is 1. The predicted octanol–water partition coefficient (Wildman–Crippen LogP) is 4.29. The first-order chi connectivity index (χ1) is 10.5. The number of aromatic nitrogens is 1. The van der Waals surface area contributed by atoms with Crippen molar-refractivity contribution in [1.29, 1.82) is 0 Å². The van der Waals surface area contributed by atoms with Crippen molar-refractivity contribution in [2.24, 2.45) is 0 Å². The molecule has 0 aliphatic rings. The van der Waals surface area contributed by atoms with E-state index in [1.54, 1.807) is 30.4 Å². The summed E-state index contributed by atoms with van der Waals surface area (Å²) < 4.78 is 27.5. The lowest BCUT2D eigenvalue weighted by Gasteiger charge is -2.08. The van der Waals surface area contributed by atoms with Crippen molar-refractivity contribution >= 4 is 37.8 Å². The monoisotopic (exact) mass is 350 g/mol. The lowest BCUT2D eigenvalue weighted by atomic mass is 10.2. The van der Waals surface area contributed by atoms with Crippen LogP contribution < -0.4 is 4.72 Å². The Morgan fingerprint density at radius 2 is 1.95 bits per heavy atom. The second-order valence-corrected chi connectivity index (χ2v) is 8.35. The molecule has 3 aromatic rings. The second-order valence-electron chi connectivity index (χ2n) is 4.89. The van der Waals surface area contributed by atoms with Gasteiger partial charge in [-0.15, -0.1) is 22.7 Å². The van der Waals surface area contributed by atoms with Gasteiger partial charge in [-0.05, 0) is 36.9 Å².